The van der Waals surface area contributed by atoms with Gasteiger partial charge in [0.1, 0.15) is 28.0 Å². The second kappa shape index (κ2) is 11.4. The van der Waals surface area contributed by atoms with E-state index < -0.39 is 0 Å². The molecule has 0 aliphatic rings. The largest absolute Gasteiger partial charge is 0.455 e. The molecule has 0 saturated carbocycles. The van der Waals surface area contributed by atoms with Crippen LogP contribution in [0.4, 0.5) is 0 Å². The summed E-state index contributed by atoms with van der Waals surface area (Å²) >= 11 is 0. The lowest BCUT2D eigenvalue weighted by Crippen LogP contribution is -1.94. The van der Waals surface area contributed by atoms with E-state index in [0.29, 0.717) is 11.4 Å². The third kappa shape index (κ3) is 4.69. The number of benzene rings is 7. The van der Waals surface area contributed by atoms with Gasteiger partial charge in [-0.1, -0.05) is 133 Å². The second-order valence-electron chi connectivity index (χ2n) is 12.6. The SMILES string of the molecule is c1ccc(-c2cccc(-c3nc(-c4cccc(-c5cccc(-c6cccc7c6oc6ccccc67)c5)c4)nc4c3oc3ccccc34)c2)cc1. The number of aromatic nitrogens is 2. The Morgan fingerprint density at radius 3 is 1.66 bits per heavy atom. The molecule has 0 saturated heterocycles. The molecule has 0 amide bonds. The summed E-state index contributed by atoms with van der Waals surface area (Å²) in [6.45, 7) is 0. The van der Waals surface area contributed by atoms with Gasteiger partial charge in [0.2, 0.25) is 0 Å². The highest BCUT2D eigenvalue weighted by atomic mass is 16.3. The van der Waals surface area contributed by atoms with Crippen LogP contribution in [-0.4, -0.2) is 9.97 Å². The first kappa shape index (κ1) is 28.3. The van der Waals surface area contributed by atoms with Crippen LogP contribution in [0.1, 0.15) is 0 Å². The average molecular weight is 641 g/mol. The van der Waals surface area contributed by atoms with Crippen molar-refractivity contribution in [1.82, 2.24) is 9.97 Å². The lowest BCUT2D eigenvalue weighted by Gasteiger charge is -2.10. The maximum Gasteiger partial charge on any atom is 0.180 e. The van der Waals surface area contributed by atoms with Gasteiger partial charge in [0.25, 0.3) is 0 Å². The maximum absolute atomic E-state index is 6.44. The van der Waals surface area contributed by atoms with Crippen molar-refractivity contribution in [1.29, 1.82) is 0 Å². The van der Waals surface area contributed by atoms with Crippen molar-refractivity contribution in [3.63, 3.8) is 0 Å². The van der Waals surface area contributed by atoms with Crippen LogP contribution in [0.25, 0.3) is 100 Å². The van der Waals surface area contributed by atoms with E-state index in [2.05, 4.69) is 133 Å². The number of furan rings is 2. The van der Waals surface area contributed by atoms with Crippen LogP contribution >= 0.6 is 0 Å². The van der Waals surface area contributed by atoms with Crippen LogP contribution < -0.4 is 0 Å². The van der Waals surface area contributed by atoms with Crippen LogP contribution in [0.2, 0.25) is 0 Å². The number of hydrogen-bond acceptors (Lipinski definition) is 4. The summed E-state index contributed by atoms with van der Waals surface area (Å²) < 4.78 is 12.8. The Balaban J connectivity index is 1.10. The zero-order chi connectivity index (χ0) is 33.0. The third-order valence-electron chi connectivity index (χ3n) is 9.49. The first-order chi connectivity index (χ1) is 24.8. The fraction of sp³-hybridized carbons (Fsp3) is 0. The molecule has 0 fully saturated rings. The van der Waals surface area contributed by atoms with E-state index in [-0.39, 0.29) is 0 Å². The molecule has 0 unspecified atom stereocenters. The molecular weight excluding hydrogens is 613 g/mol. The number of hydrogen-bond donors (Lipinski definition) is 0. The van der Waals surface area contributed by atoms with Gasteiger partial charge in [0.15, 0.2) is 11.4 Å². The summed E-state index contributed by atoms with van der Waals surface area (Å²) in [5.74, 6) is 0.647. The van der Waals surface area contributed by atoms with E-state index >= 15 is 0 Å². The van der Waals surface area contributed by atoms with Crippen molar-refractivity contribution in [2.75, 3.05) is 0 Å². The van der Waals surface area contributed by atoms with Gasteiger partial charge in [-0.25, -0.2) is 9.97 Å². The van der Waals surface area contributed by atoms with Gasteiger partial charge >= 0.3 is 0 Å². The number of fused-ring (bicyclic) bond motifs is 6. The van der Waals surface area contributed by atoms with Gasteiger partial charge < -0.3 is 8.83 Å². The van der Waals surface area contributed by atoms with Gasteiger partial charge in [-0.2, -0.15) is 0 Å². The Hall–Kier alpha value is -6.78. The topological polar surface area (TPSA) is 52.1 Å². The second-order valence-corrected chi connectivity index (χ2v) is 12.6. The van der Waals surface area contributed by atoms with Crippen molar-refractivity contribution in [3.05, 3.63) is 170 Å². The van der Waals surface area contributed by atoms with Crippen LogP contribution in [0.5, 0.6) is 0 Å². The van der Waals surface area contributed by atoms with Crippen LogP contribution in [0.3, 0.4) is 0 Å². The predicted molar refractivity (Wildman–Crippen MR) is 204 cm³/mol. The highest BCUT2D eigenvalue weighted by molar-refractivity contribution is 6.10. The molecule has 50 heavy (non-hydrogen) atoms. The molecule has 4 heteroatoms. The average Bonchev–Trinajstić information content (AvgIpc) is 3.77. The van der Waals surface area contributed by atoms with Crippen molar-refractivity contribution in [3.8, 4) is 56.0 Å². The Bertz CT molecular complexity index is 2880. The summed E-state index contributed by atoms with van der Waals surface area (Å²) in [6, 6.07) is 58.6. The van der Waals surface area contributed by atoms with E-state index in [1.54, 1.807) is 0 Å². The Kier molecular flexibility index (Phi) is 6.46. The summed E-state index contributed by atoms with van der Waals surface area (Å²) in [4.78, 5) is 10.3. The van der Waals surface area contributed by atoms with Gasteiger partial charge in [0.05, 0.1) is 0 Å². The first-order valence-corrected chi connectivity index (χ1v) is 16.7. The molecule has 0 radical (unpaired) electrons. The molecule has 0 spiro atoms. The first-order valence-electron chi connectivity index (χ1n) is 16.7. The zero-order valence-electron chi connectivity index (χ0n) is 26.9. The molecule has 234 valence electrons. The maximum atomic E-state index is 6.44. The monoisotopic (exact) mass is 640 g/mol. The van der Waals surface area contributed by atoms with Crippen molar-refractivity contribution < 1.29 is 8.83 Å². The lowest BCUT2D eigenvalue weighted by atomic mass is 9.96. The fourth-order valence-electron chi connectivity index (χ4n) is 7.07. The molecule has 0 atom stereocenters. The van der Waals surface area contributed by atoms with Crippen LogP contribution in [0.15, 0.2) is 179 Å². The fourth-order valence-corrected chi connectivity index (χ4v) is 7.07. The predicted octanol–water partition coefficient (Wildman–Crippen LogP) is 12.6. The lowest BCUT2D eigenvalue weighted by molar-refractivity contribution is 0.667. The van der Waals surface area contributed by atoms with E-state index in [4.69, 9.17) is 18.8 Å². The normalized spacial score (nSPS) is 11.6. The molecule has 10 aromatic rings. The smallest absolute Gasteiger partial charge is 0.180 e. The van der Waals surface area contributed by atoms with E-state index in [1.165, 1.54) is 0 Å². The highest BCUT2D eigenvalue weighted by Gasteiger charge is 2.19. The Morgan fingerprint density at radius 2 is 0.860 bits per heavy atom. The minimum Gasteiger partial charge on any atom is -0.455 e. The minimum absolute atomic E-state index is 0.647. The molecular formula is C46H28N2O2. The standard InChI is InChI=1S/C46H28N2O2/c1-2-12-29(13-3-1)30-14-9-18-34(27-30)42-45-43(39-21-5-7-25-41(39)50-45)48-46(47-42)35-19-10-16-32(28-35)31-15-8-17-33(26-31)36-22-11-23-38-37-20-4-6-24-40(37)49-44(36)38/h1-28H. The molecule has 10 rings (SSSR count). The Labute approximate surface area is 287 Å². The van der Waals surface area contributed by atoms with E-state index in [1.807, 2.05) is 36.4 Å². The third-order valence-corrected chi connectivity index (χ3v) is 9.49. The summed E-state index contributed by atoms with van der Waals surface area (Å²) in [6.07, 6.45) is 0. The molecule has 7 aromatic carbocycles. The number of rotatable bonds is 5. The minimum atomic E-state index is 0.647. The number of para-hydroxylation sites is 3. The zero-order valence-corrected chi connectivity index (χ0v) is 26.9. The molecule has 4 nitrogen and oxygen atoms in total. The van der Waals surface area contributed by atoms with E-state index in [0.717, 1.165) is 88.6 Å². The van der Waals surface area contributed by atoms with Crippen LogP contribution in [0, 0.1) is 0 Å². The van der Waals surface area contributed by atoms with Gasteiger partial charge in [0, 0.05) is 32.8 Å². The molecule has 0 aliphatic heterocycles. The molecule has 0 aliphatic carbocycles. The highest BCUT2D eigenvalue weighted by Crippen LogP contribution is 2.39. The number of nitrogens with zero attached hydrogens (tertiary/aromatic N) is 2. The van der Waals surface area contributed by atoms with Gasteiger partial charge in [-0.3, -0.25) is 0 Å². The molecule has 3 aromatic heterocycles. The molecule has 3 heterocycles. The van der Waals surface area contributed by atoms with E-state index in [9.17, 15) is 0 Å². The summed E-state index contributed by atoms with van der Waals surface area (Å²) in [7, 11) is 0. The quantitative estimate of drug-likeness (QED) is 0.188. The van der Waals surface area contributed by atoms with Crippen LogP contribution in [-0.2, 0) is 0 Å². The van der Waals surface area contributed by atoms with Gasteiger partial charge in [-0.05, 0) is 64.2 Å². The van der Waals surface area contributed by atoms with Crippen molar-refractivity contribution in [2.24, 2.45) is 0 Å². The molecule has 0 N–H and O–H groups in total. The molecule has 0 bridgehead atoms. The Morgan fingerprint density at radius 1 is 0.340 bits per heavy atom. The summed E-state index contributed by atoms with van der Waals surface area (Å²) in [5, 5.41) is 3.21. The van der Waals surface area contributed by atoms with Crippen molar-refractivity contribution >= 4 is 44.0 Å². The summed E-state index contributed by atoms with van der Waals surface area (Å²) in [5.41, 5.74) is 13.4. The van der Waals surface area contributed by atoms with Crippen molar-refractivity contribution in [2.45, 2.75) is 0 Å². The van der Waals surface area contributed by atoms with Gasteiger partial charge in [-0.15, -0.1) is 0 Å².